The molecule has 0 atom stereocenters. The van der Waals surface area contributed by atoms with Crippen LogP contribution in [-0.4, -0.2) is 144 Å². The molecule has 0 unspecified atom stereocenters. The Labute approximate surface area is 390 Å². The molecule has 0 heterocycles. The average molecular weight is 937 g/mol. The predicted molar refractivity (Wildman–Crippen MR) is 262 cm³/mol. The number of ether oxygens (including phenoxy) is 8. The molecule has 0 saturated carbocycles. The van der Waals surface area contributed by atoms with Crippen LogP contribution in [0.2, 0.25) is 10.1 Å². The third-order valence-electron chi connectivity index (χ3n) is 11.4. The highest BCUT2D eigenvalue weighted by Gasteiger charge is 2.50. The molecule has 360 valence electrons. The molecule has 14 heteroatoms. The zero-order valence-electron chi connectivity index (χ0n) is 39.5. The molecule has 0 saturated heterocycles. The van der Waals surface area contributed by atoms with E-state index < -0.39 is 22.6 Å². The van der Waals surface area contributed by atoms with Crippen LogP contribution < -0.4 is 20.7 Å². The van der Waals surface area contributed by atoms with Crippen molar-refractivity contribution < 1.29 is 57.4 Å². The third-order valence-corrected chi connectivity index (χ3v) is 20.5. The van der Waals surface area contributed by atoms with Crippen molar-refractivity contribution in [2.45, 2.75) is 63.5 Å². The van der Waals surface area contributed by atoms with E-state index in [2.05, 4.69) is 56.7 Å². The molecule has 65 heavy (non-hydrogen) atoms. The second kappa shape index (κ2) is 31.4. The highest BCUT2D eigenvalue weighted by Crippen LogP contribution is 2.40. The predicted octanol–water partition coefficient (Wildman–Crippen LogP) is 4.88. The van der Waals surface area contributed by atoms with Gasteiger partial charge < -0.3 is 52.6 Å². The number of methoxy groups -OCH3 is 1. The number of hydrogen-bond acceptors (Lipinski definition) is 12. The summed E-state index contributed by atoms with van der Waals surface area (Å²) in [4.78, 5) is 35.1. The van der Waals surface area contributed by atoms with E-state index in [1.54, 1.807) is 0 Å². The molecule has 0 aliphatic carbocycles. The van der Waals surface area contributed by atoms with Gasteiger partial charge in [-0.05, 0) is 56.5 Å². The van der Waals surface area contributed by atoms with Gasteiger partial charge in [-0.25, -0.2) is 4.79 Å². The minimum absolute atomic E-state index is 0.0337. The first-order valence-electron chi connectivity index (χ1n) is 22.8. The summed E-state index contributed by atoms with van der Waals surface area (Å²) in [6.45, 7) is 15.0. The zero-order valence-corrected chi connectivity index (χ0v) is 41.5. The maximum Gasteiger partial charge on any atom is 0.331 e. The number of rotatable bonds is 33. The molecule has 0 fully saturated rings. The number of hydrogen-bond donors (Lipinski definition) is 3. The summed E-state index contributed by atoms with van der Waals surface area (Å²) in [6.07, 6.45) is 3.46. The molecular formula is C51H76O12Si2. The van der Waals surface area contributed by atoms with Crippen molar-refractivity contribution in [2.24, 2.45) is 0 Å². The standard InChI is InChI=1S/C27H40O7Si.C24H36O5Si/c1-27(2,35(29,24-11-6-4-7-12-24)25-13-8-5-9-14-25)15-10-16-31-17-18-32-19-20-33-21-22-34-23-26(28)30-3;1-24(2,14-9-16-27-18-20-29-21-19-28-17-15-25)30(26,22-10-5-3-6-11-22)23-12-7-4-8-13-23/h4-9,11-14,29H,10,15-23H2,1-3H3;3-8,10-13,25-26H,9,14-21H2,1-2H3. The van der Waals surface area contributed by atoms with Crippen molar-refractivity contribution in [1.29, 1.82) is 0 Å². The molecule has 12 nitrogen and oxygen atoms in total. The quantitative estimate of drug-likeness (QED) is 0.0340. The van der Waals surface area contributed by atoms with Gasteiger partial charge in [-0.2, -0.15) is 0 Å². The lowest BCUT2D eigenvalue weighted by atomic mass is 10.1. The van der Waals surface area contributed by atoms with E-state index in [0.29, 0.717) is 85.9 Å². The van der Waals surface area contributed by atoms with E-state index in [9.17, 15) is 14.4 Å². The van der Waals surface area contributed by atoms with Gasteiger partial charge in [0.05, 0.1) is 86.4 Å². The first-order valence-corrected chi connectivity index (χ1v) is 26.7. The number of esters is 1. The normalized spacial score (nSPS) is 12.1. The van der Waals surface area contributed by atoms with Crippen molar-refractivity contribution in [3.8, 4) is 0 Å². The van der Waals surface area contributed by atoms with Crippen molar-refractivity contribution in [3.05, 3.63) is 121 Å². The summed E-state index contributed by atoms with van der Waals surface area (Å²) < 4.78 is 42.5. The fourth-order valence-electron chi connectivity index (χ4n) is 7.69. The van der Waals surface area contributed by atoms with E-state index in [1.807, 2.05) is 97.1 Å². The third kappa shape index (κ3) is 18.9. The molecule has 4 rings (SSSR count). The van der Waals surface area contributed by atoms with Crippen molar-refractivity contribution in [2.75, 3.05) is 106 Å². The van der Waals surface area contributed by atoms with E-state index >= 15 is 0 Å². The molecular weight excluding hydrogens is 861 g/mol. The van der Waals surface area contributed by atoms with Crippen LogP contribution in [0.3, 0.4) is 0 Å². The van der Waals surface area contributed by atoms with Gasteiger partial charge in [-0.15, -0.1) is 0 Å². The van der Waals surface area contributed by atoms with Crippen LogP contribution in [0.4, 0.5) is 0 Å². The molecule has 0 aliphatic rings. The summed E-state index contributed by atoms with van der Waals surface area (Å²) in [5.74, 6) is -0.401. The molecule has 0 aliphatic heterocycles. The van der Waals surface area contributed by atoms with Crippen LogP contribution in [0, 0.1) is 0 Å². The van der Waals surface area contributed by atoms with Crippen LogP contribution in [0.1, 0.15) is 53.4 Å². The maximum atomic E-state index is 12.1. The lowest BCUT2D eigenvalue weighted by molar-refractivity contribution is -0.146. The number of carbonyl (C=O) groups excluding carboxylic acids is 1. The number of aliphatic hydroxyl groups excluding tert-OH is 1. The van der Waals surface area contributed by atoms with Crippen molar-refractivity contribution in [1.82, 2.24) is 0 Å². The fraction of sp³-hybridized carbons (Fsp3) is 0.510. The summed E-state index contributed by atoms with van der Waals surface area (Å²) >= 11 is 0. The van der Waals surface area contributed by atoms with E-state index in [1.165, 1.54) is 7.11 Å². The highest BCUT2D eigenvalue weighted by molar-refractivity contribution is 6.99. The van der Waals surface area contributed by atoms with Crippen LogP contribution >= 0.6 is 0 Å². The topological polar surface area (TPSA) is 152 Å². The molecule has 4 aromatic carbocycles. The van der Waals surface area contributed by atoms with Gasteiger partial charge in [-0.3, -0.25) is 0 Å². The van der Waals surface area contributed by atoms with Gasteiger partial charge >= 0.3 is 5.97 Å². The molecule has 4 aromatic rings. The minimum Gasteiger partial charge on any atom is -0.467 e. The van der Waals surface area contributed by atoms with E-state index in [4.69, 9.17) is 38.3 Å². The fourth-order valence-corrected chi connectivity index (χ4v) is 15.3. The van der Waals surface area contributed by atoms with Crippen molar-refractivity contribution >= 4 is 43.4 Å². The number of aliphatic hydroxyl groups is 1. The van der Waals surface area contributed by atoms with Gasteiger partial charge in [0.15, 0.2) is 0 Å². The Morgan fingerprint density at radius 1 is 0.431 bits per heavy atom. The highest BCUT2D eigenvalue weighted by atomic mass is 28.4. The summed E-state index contributed by atoms with van der Waals surface area (Å²) in [5, 5.41) is 12.2. The molecule has 3 N–H and O–H groups in total. The Balaban J connectivity index is 0.000000349. The van der Waals surface area contributed by atoms with Crippen LogP contribution in [0.25, 0.3) is 0 Å². The van der Waals surface area contributed by atoms with Gasteiger partial charge in [-0.1, -0.05) is 149 Å². The van der Waals surface area contributed by atoms with E-state index in [0.717, 1.165) is 46.4 Å². The molecule has 0 amide bonds. The summed E-state index contributed by atoms with van der Waals surface area (Å²) in [7, 11) is -4.58. The van der Waals surface area contributed by atoms with Gasteiger partial charge in [0.1, 0.15) is 6.61 Å². The van der Waals surface area contributed by atoms with E-state index in [-0.39, 0.29) is 23.3 Å². The molecule has 0 aromatic heterocycles. The maximum absolute atomic E-state index is 12.1. The minimum atomic E-state index is -2.97. The monoisotopic (exact) mass is 936 g/mol. The molecule has 0 bridgehead atoms. The Kier molecular flexibility index (Phi) is 26.9. The van der Waals surface area contributed by atoms with Crippen molar-refractivity contribution in [3.63, 3.8) is 0 Å². The lowest BCUT2D eigenvalue weighted by Gasteiger charge is -2.41. The molecule has 0 spiro atoms. The van der Waals surface area contributed by atoms with Crippen LogP contribution in [0.15, 0.2) is 121 Å². The van der Waals surface area contributed by atoms with Gasteiger partial charge in [0.2, 0.25) is 0 Å². The lowest BCUT2D eigenvalue weighted by Crippen LogP contribution is -2.65. The SMILES string of the molecule is CC(C)(CCCOCCOCCOCCO)[Si](O)(c1ccccc1)c1ccccc1.COC(=O)COCCOCCOCCOCCCC(C)(C)[Si](O)(c1ccccc1)c1ccccc1. The Morgan fingerprint density at radius 2 is 0.692 bits per heavy atom. The first-order chi connectivity index (χ1) is 31.4. The second-order valence-corrected chi connectivity index (χ2v) is 24.7. The Hall–Kier alpha value is -3.62. The van der Waals surface area contributed by atoms with Gasteiger partial charge in [0.25, 0.3) is 16.6 Å². The Bertz CT molecular complexity index is 1710. The number of benzene rings is 4. The Morgan fingerprint density at radius 3 is 0.969 bits per heavy atom. The molecule has 0 radical (unpaired) electrons. The first kappa shape index (κ1) is 55.7. The zero-order chi connectivity index (χ0) is 47.1. The smallest absolute Gasteiger partial charge is 0.331 e. The number of carbonyl (C=O) groups is 1. The summed E-state index contributed by atoms with van der Waals surface area (Å²) in [6, 6.07) is 40.4. The summed E-state index contributed by atoms with van der Waals surface area (Å²) in [5.41, 5.74) is 0. The second-order valence-electron chi connectivity index (χ2n) is 16.9. The largest absolute Gasteiger partial charge is 0.467 e. The average Bonchev–Trinajstić information content (AvgIpc) is 3.33. The van der Waals surface area contributed by atoms with Crippen LogP contribution in [-0.2, 0) is 42.7 Å². The van der Waals surface area contributed by atoms with Gasteiger partial charge in [0, 0.05) is 13.2 Å². The van der Waals surface area contributed by atoms with Crippen LogP contribution in [0.5, 0.6) is 0 Å².